The summed E-state index contributed by atoms with van der Waals surface area (Å²) in [5.74, 6) is -14.1. The Kier molecular flexibility index (Phi) is 10.7. The van der Waals surface area contributed by atoms with Crippen molar-refractivity contribution in [2.75, 3.05) is 18.6 Å². The summed E-state index contributed by atoms with van der Waals surface area (Å²) in [7, 11) is -4.23. The Morgan fingerprint density at radius 3 is 2.23 bits per heavy atom. The van der Waals surface area contributed by atoms with Crippen molar-refractivity contribution in [3.8, 4) is 5.75 Å². The number of hydrogen-bond donors (Lipinski definition) is 0. The molecule has 15 heteroatoms. The zero-order valence-corrected chi connectivity index (χ0v) is 28.6. The van der Waals surface area contributed by atoms with E-state index in [0.29, 0.717) is 10.00 Å². The first-order chi connectivity index (χ1) is 24.9. The monoisotopic (exact) mass is 741 g/mol. The highest BCUT2D eigenvalue weighted by atomic mass is 32.2. The Morgan fingerprint density at radius 2 is 1.63 bits per heavy atom. The van der Waals surface area contributed by atoms with Gasteiger partial charge < -0.3 is 14.4 Å². The van der Waals surface area contributed by atoms with E-state index < -0.39 is 68.5 Å². The van der Waals surface area contributed by atoms with E-state index in [1.165, 1.54) is 25.3 Å². The number of carbonyl (C=O) groups is 2. The van der Waals surface area contributed by atoms with Crippen molar-refractivity contribution in [1.29, 1.82) is 0 Å². The number of hydrogen-bond acceptors (Lipinski definition) is 7. The SMILES string of the molecule is COC(=O)c1ccc(N(Cc2ccc(C3=CCCCC3)cn2)C(=O)[C@H]2CCN2S(=O)(=O)c2c(F)c(F)c(F)c(F)c2F)cc1OCc1ccccc1. The molecule has 2 heterocycles. The van der Waals surface area contributed by atoms with Gasteiger partial charge in [0.05, 0.1) is 19.3 Å². The number of benzene rings is 3. The van der Waals surface area contributed by atoms with Gasteiger partial charge in [0.25, 0.3) is 0 Å². The first-order valence-electron chi connectivity index (χ1n) is 16.3. The van der Waals surface area contributed by atoms with Crippen LogP contribution >= 0.6 is 0 Å². The van der Waals surface area contributed by atoms with Gasteiger partial charge in [-0.05, 0) is 67.0 Å². The molecular weight excluding hydrogens is 709 g/mol. The van der Waals surface area contributed by atoms with Crippen molar-refractivity contribution in [3.05, 3.63) is 124 Å². The Labute approximate surface area is 296 Å². The van der Waals surface area contributed by atoms with Crippen LogP contribution in [0.5, 0.6) is 5.75 Å². The number of anilines is 1. The lowest BCUT2D eigenvalue weighted by Gasteiger charge is -2.41. The number of aromatic nitrogens is 1. The minimum atomic E-state index is -5.41. The fourth-order valence-electron chi connectivity index (χ4n) is 6.09. The van der Waals surface area contributed by atoms with Crippen LogP contribution in [0, 0.1) is 29.1 Å². The standard InChI is InChI=1S/C37H32F5N3O6S/c1-50-37(47)27-15-14-26(18-29(27)51-21-22-8-4-2-5-9-22)44(20-25-13-12-24(19-43-25)23-10-6-3-7-11-23)36(46)28-16-17-45(28)52(48,49)35-33(41)31(39)30(38)32(40)34(35)42/h2,4-5,8-10,12-15,18-19,28H,3,6-7,11,16-17,20-21H2,1H3/t28-/m1/s1. The molecule has 1 aliphatic heterocycles. The summed E-state index contributed by atoms with van der Waals surface area (Å²) in [6, 6.07) is 15.1. The van der Waals surface area contributed by atoms with Gasteiger partial charge in [0.2, 0.25) is 21.7 Å². The van der Waals surface area contributed by atoms with Crippen LogP contribution in [0.3, 0.4) is 0 Å². The fourth-order valence-corrected chi connectivity index (χ4v) is 7.83. The average Bonchev–Trinajstić information content (AvgIpc) is 3.14. The predicted octanol–water partition coefficient (Wildman–Crippen LogP) is 7.10. The van der Waals surface area contributed by atoms with Gasteiger partial charge in [0.15, 0.2) is 28.2 Å². The lowest BCUT2D eigenvalue weighted by Crippen LogP contribution is -2.59. The number of nitrogens with zero attached hydrogens (tertiary/aromatic N) is 3. The van der Waals surface area contributed by atoms with Crippen molar-refractivity contribution in [2.45, 2.75) is 56.2 Å². The maximum Gasteiger partial charge on any atom is 0.341 e. The minimum absolute atomic E-state index is 0.0250. The van der Waals surface area contributed by atoms with Crippen LogP contribution in [-0.4, -0.2) is 49.3 Å². The predicted molar refractivity (Wildman–Crippen MR) is 179 cm³/mol. The maximum absolute atomic E-state index is 14.7. The Hall–Kier alpha value is -5.15. The lowest BCUT2D eigenvalue weighted by atomic mass is 9.94. The molecule has 52 heavy (non-hydrogen) atoms. The van der Waals surface area contributed by atoms with Crippen molar-refractivity contribution in [1.82, 2.24) is 9.29 Å². The van der Waals surface area contributed by atoms with Crippen LogP contribution in [0.15, 0.2) is 77.8 Å². The van der Waals surface area contributed by atoms with E-state index in [0.717, 1.165) is 47.3 Å². The number of ether oxygens (including phenoxy) is 2. The van der Waals surface area contributed by atoms with E-state index in [-0.39, 0.29) is 36.6 Å². The molecule has 6 rings (SSSR count). The summed E-state index contributed by atoms with van der Waals surface area (Å²) in [5, 5.41) is 0. The molecule has 9 nitrogen and oxygen atoms in total. The zero-order valence-electron chi connectivity index (χ0n) is 27.8. The third-order valence-corrected chi connectivity index (χ3v) is 10.9. The number of pyridine rings is 1. The van der Waals surface area contributed by atoms with Gasteiger partial charge in [-0.25, -0.2) is 35.2 Å². The second kappa shape index (κ2) is 15.2. The van der Waals surface area contributed by atoms with Crippen molar-refractivity contribution < 1.29 is 49.4 Å². The molecular formula is C37H32F5N3O6S. The van der Waals surface area contributed by atoms with E-state index in [2.05, 4.69) is 11.1 Å². The summed E-state index contributed by atoms with van der Waals surface area (Å²) in [6.07, 6.45) is 7.63. The number of amides is 1. The van der Waals surface area contributed by atoms with Crippen LogP contribution in [0.25, 0.3) is 5.57 Å². The highest BCUT2D eigenvalue weighted by Crippen LogP contribution is 2.36. The Bertz CT molecular complexity index is 2120. The van der Waals surface area contributed by atoms with Gasteiger partial charge in [-0.15, -0.1) is 0 Å². The highest BCUT2D eigenvalue weighted by Gasteiger charge is 2.48. The summed E-state index contributed by atoms with van der Waals surface area (Å²) in [6.45, 7) is -0.653. The lowest BCUT2D eigenvalue weighted by molar-refractivity contribution is -0.125. The first-order valence-corrected chi connectivity index (χ1v) is 17.7. The second-order valence-corrected chi connectivity index (χ2v) is 14.0. The molecule has 1 fully saturated rings. The van der Waals surface area contributed by atoms with E-state index in [1.807, 2.05) is 12.1 Å². The molecule has 272 valence electrons. The molecule has 0 radical (unpaired) electrons. The number of carbonyl (C=O) groups excluding carboxylic acids is 2. The van der Waals surface area contributed by atoms with Crippen LogP contribution < -0.4 is 9.64 Å². The first kappa shape index (κ1) is 36.6. The number of sulfonamides is 1. The van der Waals surface area contributed by atoms with Gasteiger partial charge in [0.1, 0.15) is 24.0 Å². The van der Waals surface area contributed by atoms with Gasteiger partial charge >= 0.3 is 5.97 Å². The van der Waals surface area contributed by atoms with Crippen molar-refractivity contribution in [3.63, 3.8) is 0 Å². The van der Waals surface area contributed by atoms with Crippen LogP contribution in [-0.2, 0) is 32.7 Å². The maximum atomic E-state index is 14.7. The number of methoxy groups -OCH3 is 1. The van der Waals surface area contributed by atoms with E-state index in [1.54, 1.807) is 36.5 Å². The fraction of sp³-hybridized carbons (Fsp3) is 0.270. The number of esters is 1. The smallest absolute Gasteiger partial charge is 0.341 e. The molecule has 1 aliphatic carbocycles. The van der Waals surface area contributed by atoms with Crippen LogP contribution in [0.4, 0.5) is 27.6 Å². The molecule has 0 saturated carbocycles. The van der Waals surface area contributed by atoms with E-state index in [9.17, 15) is 40.0 Å². The Morgan fingerprint density at radius 1 is 0.923 bits per heavy atom. The van der Waals surface area contributed by atoms with Gasteiger partial charge in [-0.2, -0.15) is 4.31 Å². The van der Waals surface area contributed by atoms with E-state index >= 15 is 0 Å². The molecule has 3 aromatic carbocycles. The topological polar surface area (TPSA) is 106 Å². The molecule has 4 aromatic rings. The summed E-state index contributed by atoms with van der Waals surface area (Å²) in [4.78, 5) is 30.6. The average molecular weight is 742 g/mol. The third-order valence-electron chi connectivity index (χ3n) is 8.98. The molecule has 0 unspecified atom stereocenters. The molecule has 0 N–H and O–H groups in total. The second-order valence-electron chi connectivity index (χ2n) is 12.2. The molecule has 1 atom stereocenters. The zero-order chi connectivity index (χ0) is 37.2. The normalized spacial score (nSPS) is 16.1. The molecule has 1 aromatic heterocycles. The van der Waals surface area contributed by atoms with E-state index in [4.69, 9.17) is 9.47 Å². The minimum Gasteiger partial charge on any atom is -0.488 e. The third kappa shape index (κ3) is 7.15. The largest absolute Gasteiger partial charge is 0.488 e. The molecule has 0 spiro atoms. The molecule has 0 bridgehead atoms. The van der Waals surface area contributed by atoms with Gasteiger partial charge in [0, 0.05) is 24.5 Å². The van der Waals surface area contributed by atoms with Crippen molar-refractivity contribution >= 4 is 33.2 Å². The molecule has 1 amide bonds. The Balaban J connectivity index is 1.38. The number of rotatable bonds is 11. The van der Waals surface area contributed by atoms with Gasteiger partial charge in [-0.1, -0.05) is 42.5 Å². The molecule has 2 aliphatic rings. The number of allylic oxidation sites excluding steroid dienone is 2. The van der Waals surface area contributed by atoms with Crippen LogP contribution in [0.1, 0.15) is 59.3 Å². The van der Waals surface area contributed by atoms with Gasteiger partial charge in [-0.3, -0.25) is 9.78 Å². The summed E-state index contributed by atoms with van der Waals surface area (Å²) in [5.41, 5.74) is 3.34. The number of halogens is 5. The summed E-state index contributed by atoms with van der Waals surface area (Å²) >= 11 is 0. The van der Waals surface area contributed by atoms with Crippen molar-refractivity contribution in [2.24, 2.45) is 0 Å². The van der Waals surface area contributed by atoms with Crippen LogP contribution in [0.2, 0.25) is 0 Å². The molecule has 1 saturated heterocycles. The highest BCUT2D eigenvalue weighted by molar-refractivity contribution is 7.89. The quantitative estimate of drug-likeness (QED) is 0.0700. The summed E-state index contributed by atoms with van der Waals surface area (Å²) < 4.78 is 109.